The molecule has 0 amide bonds. The van der Waals surface area contributed by atoms with Crippen molar-refractivity contribution in [1.29, 1.82) is 0 Å². The van der Waals surface area contributed by atoms with Crippen LogP contribution in [-0.2, 0) is 26.2 Å². The number of esters is 1. The first-order valence-corrected chi connectivity index (χ1v) is 12.3. The van der Waals surface area contributed by atoms with Gasteiger partial charge in [-0.1, -0.05) is 43.3 Å². The van der Waals surface area contributed by atoms with Crippen molar-refractivity contribution in [2.75, 3.05) is 19.7 Å². The number of rotatable bonds is 11. The van der Waals surface area contributed by atoms with Crippen LogP contribution in [0.5, 0.6) is 5.75 Å². The molecule has 9 nitrogen and oxygen atoms in total. The van der Waals surface area contributed by atoms with E-state index in [1.165, 1.54) is 28.6 Å². The normalized spacial score (nSPS) is 11.8. The Morgan fingerprint density at radius 3 is 2.44 bits per heavy atom. The zero-order chi connectivity index (χ0) is 24.6. The Hall–Kier alpha value is -3.50. The zero-order valence-corrected chi connectivity index (χ0v) is 20.1. The van der Waals surface area contributed by atoms with Gasteiger partial charge in [0, 0.05) is 19.2 Å². The Morgan fingerprint density at radius 2 is 1.76 bits per heavy atom. The molecule has 1 aromatic heterocycles. The van der Waals surface area contributed by atoms with Crippen molar-refractivity contribution in [2.24, 2.45) is 0 Å². The van der Waals surface area contributed by atoms with Gasteiger partial charge in [-0.2, -0.15) is 9.29 Å². The summed E-state index contributed by atoms with van der Waals surface area (Å²) in [6.45, 7) is 6.57. The van der Waals surface area contributed by atoms with Crippen LogP contribution in [0.4, 0.5) is 0 Å². The average molecular weight is 486 g/mol. The maximum absolute atomic E-state index is 12.5. The number of sulfonamides is 1. The monoisotopic (exact) mass is 485 g/mol. The summed E-state index contributed by atoms with van der Waals surface area (Å²) in [4.78, 5) is 16.5. The van der Waals surface area contributed by atoms with Crippen molar-refractivity contribution >= 4 is 22.1 Å². The zero-order valence-electron chi connectivity index (χ0n) is 19.3. The maximum Gasteiger partial charge on any atom is 0.331 e. The lowest BCUT2D eigenvalue weighted by Crippen LogP contribution is -2.30. The van der Waals surface area contributed by atoms with Crippen LogP contribution in [0.25, 0.3) is 17.5 Å². The summed E-state index contributed by atoms with van der Waals surface area (Å²) in [6.07, 6.45) is 2.78. The van der Waals surface area contributed by atoms with Crippen LogP contribution in [0.15, 0.2) is 64.0 Å². The predicted molar refractivity (Wildman–Crippen MR) is 126 cm³/mol. The molecule has 0 aliphatic rings. The molecule has 0 bridgehead atoms. The van der Waals surface area contributed by atoms with Crippen molar-refractivity contribution in [1.82, 2.24) is 14.4 Å². The third-order valence-corrected chi connectivity index (χ3v) is 6.93. The van der Waals surface area contributed by atoms with Crippen LogP contribution in [-0.4, -0.2) is 48.5 Å². The van der Waals surface area contributed by atoms with Gasteiger partial charge in [0.2, 0.25) is 15.8 Å². The van der Waals surface area contributed by atoms with Crippen LogP contribution in [0.1, 0.15) is 32.2 Å². The molecule has 10 heteroatoms. The topological polar surface area (TPSA) is 112 Å². The molecule has 0 saturated carbocycles. The van der Waals surface area contributed by atoms with Crippen molar-refractivity contribution < 1.29 is 27.2 Å². The molecule has 0 unspecified atom stereocenters. The second-order valence-corrected chi connectivity index (χ2v) is 8.98. The largest absolute Gasteiger partial charge is 0.493 e. The summed E-state index contributed by atoms with van der Waals surface area (Å²) in [6, 6.07) is 13.6. The summed E-state index contributed by atoms with van der Waals surface area (Å²) < 4.78 is 42.4. The number of aromatic nitrogens is 2. The third kappa shape index (κ3) is 6.09. The molecule has 3 rings (SSSR count). The molecular weight excluding hydrogens is 458 g/mol. The highest BCUT2D eigenvalue weighted by Gasteiger charge is 2.21. The van der Waals surface area contributed by atoms with Gasteiger partial charge in [-0.15, -0.1) is 0 Å². The molecule has 0 N–H and O–H groups in total. The van der Waals surface area contributed by atoms with E-state index in [1.807, 2.05) is 31.2 Å². The Morgan fingerprint density at radius 1 is 1.06 bits per heavy atom. The highest BCUT2D eigenvalue weighted by molar-refractivity contribution is 7.89. The Kier molecular flexibility index (Phi) is 8.55. The van der Waals surface area contributed by atoms with Gasteiger partial charge < -0.3 is 14.0 Å². The fraction of sp³-hybridized carbons (Fsp3) is 0.292. The number of hydrogen-bond donors (Lipinski definition) is 0. The van der Waals surface area contributed by atoms with E-state index < -0.39 is 16.0 Å². The summed E-state index contributed by atoms with van der Waals surface area (Å²) >= 11 is 0. The molecule has 3 aromatic rings. The van der Waals surface area contributed by atoms with Crippen molar-refractivity contribution in [2.45, 2.75) is 32.3 Å². The van der Waals surface area contributed by atoms with E-state index in [-0.39, 0.29) is 17.4 Å². The quantitative estimate of drug-likeness (QED) is 0.297. The minimum atomic E-state index is -3.53. The number of carbonyl (C=O) groups is 1. The van der Waals surface area contributed by atoms with Gasteiger partial charge in [-0.05, 0) is 42.8 Å². The standard InChI is InChI=1S/C24H27N3O6S/c1-4-27(5-2)34(29,30)19-14-11-18(12-15-19)13-16-23(28)32-17-22-25-24(26-33-22)20-9-7-8-10-21(20)31-6-3/h7-16H,4-6,17H2,1-3H3/b16-13+. The number of carbonyl (C=O) groups excluding carboxylic acids is 1. The smallest absolute Gasteiger partial charge is 0.331 e. The molecule has 0 fully saturated rings. The molecule has 0 radical (unpaired) electrons. The number of para-hydroxylation sites is 1. The van der Waals surface area contributed by atoms with Gasteiger partial charge in [-0.3, -0.25) is 0 Å². The van der Waals surface area contributed by atoms with Crippen LogP contribution >= 0.6 is 0 Å². The first-order chi connectivity index (χ1) is 16.4. The molecule has 34 heavy (non-hydrogen) atoms. The van der Waals surface area contributed by atoms with E-state index in [9.17, 15) is 13.2 Å². The molecule has 0 aliphatic carbocycles. The van der Waals surface area contributed by atoms with Crippen LogP contribution in [0, 0.1) is 0 Å². The second kappa shape index (κ2) is 11.6. The van der Waals surface area contributed by atoms with Gasteiger partial charge >= 0.3 is 5.97 Å². The van der Waals surface area contributed by atoms with E-state index in [0.29, 0.717) is 42.4 Å². The lowest BCUT2D eigenvalue weighted by atomic mass is 10.2. The van der Waals surface area contributed by atoms with Gasteiger partial charge in [0.05, 0.1) is 17.1 Å². The average Bonchev–Trinajstić information content (AvgIpc) is 3.32. The van der Waals surface area contributed by atoms with Gasteiger partial charge in [0.15, 0.2) is 6.61 Å². The number of benzene rings is 2. The van der Waals surface area contributed by atoms with Crippen molar-refractivity contribution in [3.05, 3.63) is 66.1 Å². The Labute approximate surface area is 199 Å². The van der Waals surface area contributed by atoms with E-state index in [1.54, 1.807) is 26.0 Å². The van der Waals surface area contributed by atoms with Crippen LogP contribution in [0.3, 0.4) is 0 Å². The fourth-order valence-corrected chi connectivity index (χ4v) is 4.62. The molecule has 180 valence electrons. The number of nitrogens with zero attached hydrogens (tertiary/aromatic N) is 3. The molecule has 0 saturated heterocycles. The van der Waals surface area contributed by atoms with Crippen LogP contribution in [0.2, 0.25) is 0 Å². The lowest BCUT2D eigenvalue weighted by molar-refractivity contribution is -0.139. The molecule has 0 aliphatic heterocycles. The predicted octanol–water partition coefficient (Wildman–Crippen LogP) is 3.92. The first-order valence-electron chi connectivity index (χ1n) is 10.9. The van der Waals surface area contributed by atoms with Gasteiger partial charge in [0.1, 0.15) is 5.75 Å². The SMILES string of the molecule is CCOc1ccccc1-c1noc(COC(=O)/C=C/c2ccc(S(=O)(=O)N(CC)CC)cc2)n1. The highest BCUT2D eigenvalue weighted by atomic mass is 32.2. The summed E-state index contributed by atoms with van der Waals surface area (Å²) in [5, 5.41) is 3.93. The number of hydrogen-bond acceptors (Lipinski definition) is 8. The van der Waals surface area contributed by atoms with E-state index in [2.05, 4.69) is 10.1 Å². The van der Waals surface area contributed by atoms with E-state index in [4.69, 9.17) is 14.0 Å². The third-order valence-electron chi connectivity index (χ3n) is 4.87. The molecule has 2 aromatic carbocycles. The molecular formula is C24H27N3O6S. The summed E-state index contributed by atoms with van der Waals surface area (Å²) in [5.41, 5.74) is 1.33. The lowest BCUT2D eigenvalue weighted by Gasteiger charge is -2.18. The molecule has 0 spiro atoms. The second-order valence-electron chi connectivity index (χ2n) is 7.04. The molecule has 0 atom stereocenters. The summed E-state index contributed by atoms with van der Waals surface area (Å²) in [5.74, 6) is 0.516. The summed E-state index contributed by atoms with van der Waals surface area (Å²) in [7, 11) is -3.53. The van der Waals surface area contributed by atoms with Crippen molar-refractivity contribution in [3.63, 3.8) is 0 Å². The van der Waals surface area contributed by atoms with Gasteiger partial charge in [0.25, 0.3) is 5.89 Å². The van der Waals surface area contributed by atoms with E-state index in [0.717, 1.165) is 0 Å². The van der Waals surface area contributed by atoms with Gasteiger partial charge in [-0.25, -0.2) is 13.2 Å². The highest BCUT2D eigenvalue weighted by Crippen LogP contribution is 2.27. The fourth-order valence-electron chi connectivity index (χ4n) is 3.16. The van der Waals surface area contributed by atoms with E-state index >= 15 is 0 Å². The first kappa shape index (κ1) is 25.1. The van der Waals surface area contributed by atoms with Crippen molar-refractivity contribution in [3.8, 4) is 17.1 Å². The minimum Gasteiger partial charge on any atom is -0.493 e. The molecule has 1 heterocycles. The Bertz CT molecular complexity index is 1230. The minimum absolute atomic E-state index is 0.147. The maximum atomic E-state index is 12.5. The van der Waals surface area contributed by atoms with Crippen LogP contribution < -0.4 is 4.74 Å². The number of ether oxygens (including phenoxy) is 2. The Balaban J connectivity index is 1.58.